The highest BCUT2D eigenvalue weighted by atomic mass is 79.9. The number of thiazole rings is 1. The molecule has 23 heavy (non-hydrogen) atoms. The van der Waals surface area contributed by atoms with Crippen molar-refractivity contribution in [2.24, 2.45) is 5.92 Å². The van der Waals surface area contributed by atoms with Crippen molar-refractivity contribution < 1.29 is 13.2 Å². The number of carbonyl (C=O) groups excluding carboxylic acids is 1. The molecule has 0 saturated carbocycles. The number of hydrogen-bond acceptors (Lipinski definition) is 5. The van der Waals surface area contributed by atoms with E-state index in [9.17, 15) is 13.2 Å². The van der Waals surface area contributed by atoms with E-state index in [0.717, 1.165) is 14.7 Å². The van der Waals surface area contributed by atoms with Gasteiger partial charge < -0.3 is 5.32 Å². The van der Waals surface area contributed by atoms with Gasteiger partial charge in [0.15, 0.2) is 5.13 Å². The van der Waals surface area contributed by atoms with Crippen molar-refractivity contribution >= 4 is 58.5 Å². The van der Waals surface area contributed by atoms with Gasteiger partial charge in [0.25, 0.3) is 0 Å². The van der Waals surface area contributed by atoms with Gasteiger partial charge in [0.2, 0.25) is 15.9 Å². The maximum absolute atomic E-state index is 12.4. The Morgan fingerprint density at radius 2 is 2.26 bits per heavy atom. The SMILES string of the molecule is CS(=O)(=O)N1CCCC(C(=O)Nc2nc3c(Br)cccc3s2)C1. The molecule has 1 fully saturated rings. The molecule has 2 aromatic rings. The summed E-state index contributed by atoms with van der Waals surface area (Å²) in [6.07, 6.45) is 2.56. The third-order valence-electron chi connectivity index (χ3n) is 3.82. The lowest BCUT2D eigenvalue weighted by Crippen LogP contribution is -2.43. The molecule has 2 heterocycles. The largest absolute Gasteiger partial charge is 0.302 e. The summed E-state index contributed by atoms with van der Waals surface area (Å²) in [6.45, 7) is 0.718. The van der Waals surface area contributed by atoms with Crippen LogP contribution in [0, 0.1) is 5.92 Å². The van der Waals surface area contributed by atoms with Gasteiger partial charge in [-0.25, -0.2) is 17.7 Å². The van der Waals surface area contributed by atoms with Crippen LogP contribution in [0.5, 0.6) is 0 Å². The number of anilines is 1. The van der Waals surface area contributed by atoms with E-state index in [1.807, 2.05) is 18.2 Å². The van der Waals surface area contributed by atoms with Crippen molar-refractivity contribution in [1.82, 2.24) is 9.29 Å². The Balaban J connectivity index is 1.74. The van der Waals surface area contributed by atoms with Crippen LogP contribution >= 0.6 is 27.3 Å². The smallest absolute Gasteiger partial charge is 0.230 e. The molecule has 3 rings (SSSR count). The summed E-state index contributed by atoms with van der Waals surface area (Å²) in [5.41, 5.74) is 0.814. The van der Waals surface area contributed by atoms with E-state index in [2.05, 4.69) is 26.2 Å². The normalized spacial score (nSPS) is 19.8. The molecule has 6 nitrogen and oxygen atoms in total. The molecule has 1 aliphatic rings. The van der Waals surface area contributed by atoms with Crippen molar-refractivity contribution in [3.8, 4) is 0 Å². The first-order valence-electron chi connectivity index (χ1n) is 7.15. The van der Waals surface area contributed by atoms with Crippen LogP contribution in [-0.4, -0.2) is 43.0 Å². The summed E-state index contributed by atoms with van der Waals surface area (Å²) in [7, 11) is -3.26. The molecule has 0 spiro atoms. The zero-order valence-corrected chi connectivity index (χ0v) is 15.7. The number of benzene rings is 1. The number of rotatable bonds is 3. The minimum absolute atomic E-state index is 0.173. The average molecular weight is 418 g/mol. The summed E-state index contributed by atoms with van der Waals surface area (Å²) in [6, 6.07) is 5.76. The van der Waals surface area contributed by atoms with Crippen LogP contribution in [0.2, 0.25) is 0 Å². The van der Waals surface area contributed by atoms with Gasteiger partial charge in [-0.05, 0) is 40.9 Å². The predicted molar refractivity (Wildman–Crippen MR) is 95.1 cm³/mol. The Morgan fingerprint density at radius 1 is 1.48 bits per heavy atom. The zero-order valence-electron chi connectivity index (χ0n) is 12.5. The number of nitrogens with one attached hydrogen (secondary N) is 1. The van der Waals surface area contributed by atoms with Crippen molar-refractivity contribution in [2.45, 2.75) is 12.8 Å². The highest BCUT2D eigenvalue weighted by Crippen LogP contribution is 2.31. The number of amides is 1. The Bertz CT molecular complexity index is 850. The molecule has 1 saturated heterocycles. The molecule has 0 radical (unpaired) electrons. The van der Waals surface area contributed by atoms with Crippen LogP contribution in [0.15, 0.2) is 22.7 Å². The molecule has 0 aliphatic carbocycles. The van der Waals surface area contributed by atoms with E-state index in [4.69, 9.17) is 0 Å². The predicted octanol–water partition coefficient (Wildman–Crippen LogP) is 2.67. The summed E-state index contributed by atoms with van der Waals surface area (Å²) in [5, 5.41) is 3.36. The maximum atomic E-state index is 12.4. The number of fused-ring (bicyclic) bond motifs is 1. The Labute approximate surface area is 147 Å². The Morgan fingerprint density at radius 3 is 2.96 bits per heavy atom. The van der Waals surface area contributed by atoms with Gasteiger partial charge in [-0.3, -0.25) is 4.79 Å². The number of sulfonamides is 1. The quantitative estimate of drug-likeness (QED) is 0.832. The van der Waals surface area contributed by atoms with Crippen LogP contribution in [0.25, 0.3) is 10.2 Å². The number of halogens is 1. The van der Waals surface area contributed by atoms with Crippen molar-refractivity contribution in [3.05, 3.63) is 22.7 Å². The zero-order chi connectivity index (χ0) is 16.6. The highest BCUT2D eigenvalue weighted by molar-refractivity contribution is 9.10. The van der Waals surface area contributed by atoms with Gasteiger partial charge in [0.1, 0.15) is 0 Å². The molecule has 1 N–H and O–H groups in total. The summed E-state index contributed by atoms with van der Waals surface area (Å²) in [5.74, 6) is -0.512. The lowest BCUT2D eigenvalue weighted by Gasteiger charge is -2.29. The van der Waals surface area contributed by atoms with Crippen molar-refractivity contribution in [2.75, 3.05) is 24.7 Å². The molecule has 1 unspecified atom stereocenters. The second kappa shape index (κ2) is 6.46. The number of piperidine rings is 1. The van der Waals surface area contributed by atoms with Gasteiger partial charge in [-0.15, -0.1) is 0 Å². The number of hydrogen-bond donors (Lipinski definition) is 1. The molecule has 1 aliphatic heterocycles. The van der Waals surface area contributed by atoms with Crippen LogP contribution in [0.3, 0.4) is 0 Å². The fourth-order valence-corrected chi connectivity index (χ4v) is 5.03. The van der Waals surface area contributed by atoms with Crippen LogP contribution in [0.1, 0.15) is 12.8 Å². The van der Waals surface area contributed by atoms with Gasteiger partial charge in [0, 0.05) is 17.6 Å². The molecule has 0 bridgehead atoms. The van der Waals surface area contributed by atoms with E-state index >= 15 is 0 Å². The third kappa shape index (κ3) is 3.73. The van der Waals surface area contributed by atoms with Crippen LogP contribution in [0.4, 0.5) is 5.13 Å². The summed E-state index contributed by atoms with van der Waals surface area (Å²) >= 11 is 4.85. The van der Waals surface area contributed by atoms with E-state index < -0.39 is 10.0 Å². The highest BCUT2D eigenvalue weighted by Gasteiger charge is 2.30. The molecule has 124 valence electrons. The number of aromatic nitrogens is 1. The van der Waals surface area contributed by atoms with E-state index in [1.54, 1.807) is 0 Å². The lowest BCUT2D eigenvalue weighted by molar-refractivity contribution is -0.120. The van der Waals surface area contributed by atoms with E-state index in [0.29, 0.717) is 24.5 Å². The maximum Gasteiger partial charge on any atom is 0.230 e. The second-order valence-corrected chi connectivity index (χ2v) is 9.42. The van der Waals surface area contributed by atoms with Gasteiger partial charge in [0.05, 0.1) is 22.4 Å². The molecule has 1 aromatic carbocycles. The van der Waals surface area contributed by atoms with Gasteiger partial charge in [-0.2, -0.15) is 0 Å². The minimum Gasteiger partial charge on any atom is -0.302 e. The summed E-state index contributed by atoms with van der Waals surface area (Å²) < 4.78 is 26.5. The minimum atomic E-state index is -3.26. The van der Waals surface area contributed by atoms with Gasteiger partial charge >= 0.3 is 0 Å². The van der Waals surface area contributed by atoms with E-state index in [1.165, 1.54) is 21.9 Å². The number of carbonyl (C=O) groups is 1. The molecular formula is C14H16BrN3O3S2. The second-order valence-electron chi connectivity index (χ2n) is 5.56. The fraction of sp³-hybridized carbons (Fsp3) is 0.429. The van der Waals surface area contributed by atoms with Crippen molar-refractivity contribution in [1.29, 1.82) is 0 Å². The Hall–Kier alpha value is -1.03. The first-order valence-corrected chi connectivity index (χ1v) is 10.6. The standard InChI is InChI=1S/C14H16BrN3O3S2/c1-23(20,21)18-7-3-4-9(8-18)13(19)17-14-16-12-10(15)5-2-6-11(12)22-14/h2,5-6,9H,3-4,7-8H2,1H3,(H,16,17,19). The molecule has 1 atom stereocenters. The first kappa shape index (κ1) is 16.8. The lowest BCUT2D eigenvalue weighted by atomic mass is 9.99. The summed E-state index contributed by atoms with van der Waals surface area (Å²) in [4.78, 5) is 16.8. The molecule has 1 amide bonds. The topological polar surface area (TPSA) is 79.4 Å². The fourth-order valence-electron chi connectivity index (χ4n) is 2.63. The van der Waals surface area contributed by atoms with E-state index in [-0.39, 0.29) is 18.4 Å². The number of nitrogens with zero attached hydrogens (tertiary/aromatic N) is 2. The van der Waals surface area contributed by atoms with Crippen LogP contribution < -0.4 is 5.32 Å². The molecule has 1 aromatic heterocycles. The molecule has 9 heteroatoms. The Kier molecular flexibility index (Phi) is 4.73. The van der Waals surface area contributed by atoms with Crippen LogP contribution in [-0.2, 0) is 14.8 Å². The first-order chi connectivity index (χ1) is 10.8. The monoisotopic (exact) mass is 417 g/mol. The number of para-hydroxylation sites is 1. The van der Waals surface area contributed by atoms with Crippen molar-refractivity contribution in [3.63, 3.8) is 0 Å². The average Bonchev–Trinajstić information content (AvgIpc) is 2.90. The molecular weight excluding hydrogens is 402 g/mol. The van der Waals surface area contributed by atoms with Gasteiger partial charge in [-0.1, -0.05) is 17.4 Å². The third-order valence-corrected chi connectivity index (χ3v) is 6.67.